The summed E-state index contributed by atoms with van der Waals surface area (Å²) < 4.78 is 17.6. The van der Waals surface area contributed by atoms with Crippen LogP contribution in [0.3, 0.4) is 0 Å². The van der Waals surface area contributed by atoms with Crippen molar-refractivity contribution in [3.63, 3.8) is 0 Å². The molecule has 1 rings (SSSR count). The van der Waals surface area contributed by atoms with Gasteiger partial charge in [-0.05, 0) is 24.3 Å². The first-order valence-corrected chi connectivity index (χ1v) is 4.94. The average Bonchev–Trinajstić information content (AvgIpc) is 2.29. The van der Waals surface area contributed by atoms with Gasteiger partial charge in [-0.3, -0.25) is 4.79 Å². The first-order valence-electron chi connectivity index (χ1n) is 4.94. The number of hydrogen-bond donors (Lipinski definition) is 2. The Morgan fingerprint density at radius 2 is 2.06 bits per heavy atom. The Kier molecular flexibility index (Phi) is 7.45. The zero-order valence-electron chi connectivity index (χ0n) is 9.48. The van der Waals surface area contributed by atoms with Crippen molar-refractivity contribution in [3.05, 3.63) is 30.1 Å². The predicted molar refractivity (Wildman–Crippen MR) is 66.7 cm³/mol. The topological polar surface area (TPSA) is 64.3 Å². The molecule has 0 saturated carbocycles. The van der Waals surface area contributed by atoms with Crippen LogP contribution in [0, 0.1) is 5.82 Å². The molecule has 96 valence electrons. The number of ether oxygens (including phenoxy) is 1. The number of amides is 1. The average molecular weight is 263 g/mol. The smallest absolute Gasteiger partial charge is 0.227 e. The summed E-state index contributed by atoms with van der Waals surface area (Å²) >= 11 is 0. The first kappa shape index (κ1) is 15.8. The Morgan fingerprint density at radius 3 is 2.53 bits per heavy atom. The third-order valence-electron chi connectivity index (χ3n) is 2.14. The van der Waals surface area contributed by atoms with Crippen molar-refractivity contribution in [1.29, 1.82) is 0 Å². The molecular formula is C11H16ClFN2O2. The molecule has 0 aliphatic heterocycles. The number of benzene rings is 1. The summed E-state index contributed by atoms with van der Waals surface area (Å²) in [4.78, 5) is 11.5. The van der Waals surface area contributed by atoms with Crippen LogP contribution >= 0.6 is 12.4 Å². The number of hydrogen-bond acceptors (Lipinski definition) is 3. The summed E-state index contributed by atoms with van der Waals surface area (Å²) in [7, 11) is 1.50. The molecule has 3 N–H and O–H groups in total. The normalized spacial score (nSPS) is 11.5. The molecule has 17 heavy (non-hydrogen) atoms. The lowest BCUT2D eigenvalue weighted by atomic mass is 10.2. The van der Waals surface area contributed by atoms with Gasteiger partial charge in [-0.1, -0.05) is 0 Å². The van der Waals surface area contributed by atoms with Crippen molar-refractivity contribution in [3.8, 4) is 0 Å². The van der Waals surface area contributed by atoms with E-state index in [0.717, 1.165) is 0 Å². The van der Waals surface area contributed by atoms with Crippen LogP contribution in [0.15, 0.2) is 24.3 Å². The summed E-state index contributed by atoms with van der Waals surface area (Å²) in [6.07, 6.45) is -0.106. The van der Waals surface area contributed by atoms with Crippen LogP contribution in [0.4, 0.5) is 10.1 Å². The fourth-order valence-electron chi connectivity index (χ4n) is 1.21. The second-order valence-electron chi connectivity index (χ2n) is 3.35. The van der Waals surface area contributed by atoms with E-state index in [1.54, 1.807) is 0 Å². The Hall–Kier alpha value is -1.17. The van der Waals surface area contributed by atoms with Gasteiger partial charge in [0.2, 0.25) is 5.91 Å². The van der Waals surface area contributed by atoms with E-state index in [1.807, 2.05) is 0 Å². The Bertz CT molecular complexity index is 342. The van der Waals surface area contributed by atoms with Gasteiger partial charge in [-0.25, -0.2) is 4.39 Å². The van der Waals surface area contributed by atoms with Crippen molar-refractivity contribution < 1.29 is 13.9 Å². The molecule has 0 saturated heterocycles. The summed E-state index contributed by atoms with van der Waals surface area (Å²) in [5, 5.41) is 2.63. The van der Waals surface area contributed by atoms with Crippen LogP contribution in [-0.2, 0) is 9.53 Å². The van der Waals surface area contributed by atoms with E-state index in [-0.39, 0.29) is 43.2 Å². The number of nitrogens with two attached hydrogens (primary N) is 1. The first-order chi connectivity index (χ1) is 7.65. The number of methoxy groups -OCH3 is 1. The monoisotopic (exact) mass is 262 g/mol. The lowest BCUT2D eigenvalue weighted by Crippen LogP contribution is -2.28. The minimum atomic E-state index is -0.338. The van der Waals surface area contributed by atoms with Crippen molar-refractivity contribution in [2.45, 2.75) is 12.5 Å². The quantitative estimate of drug-likeness (QED) is 0.846. The van der Waals surface area contributed by atoms with Crippen molar-refractivity contribution >= 4 is 24.0 Å². The molecule has 0 aliphatic carbocycles. The summed E-state index contributed by atoms with van der Waals surface area (Å²) in [6.45, 7) is 0.285. The largest absolute Gasteiger partial charge is 0.380 e. The number of nitrogens with one attached hydrogen (secondary N) is 1. The lowest BCUT2D eigenvalue weighted by molar-refractivity contribution is -0.118. The lowest BCUT2D eigenvalue weighted by Gasteiger charge is -2.12. The van der Waals surface area contributed by atoms with Crippen LogP contribution < -0.4 is 11.1 Å². The van der Waals surface area contributed by atoms with Gasteiger partial charge in [0.15, 0.2) is 0 Å². The Labute approximate surface area is 106 Å². The maximum Gasteiger partial charge on any atom is 0.227 e. The second-order valence-corrected chi connectivity index (χ2v) is 3.35. The van der Waals surface area contributed by atoms with E-state index in [1.165, 1.54) is 31.4 Å². The van der Waals surface area contributed by atoms with E-state index >= 15 is 0 Å². The van der Waals surface area contributed by atoms with Crippen molar-refractivity contribution in [1.82, 2.24) is 0 Å². The molecule has 6 heteroatoms. The summed E-state index contributed by atoms with van der Waals surface area (Å²) in [5.74, 6) is -0.543. The molecule has 1 amide bonds. The summed E-state index contributed by atoms with van der Waals surface area (Å²) in [6, 6.07) is 5.56. The maximum atomic E-state index is 12.6. The number of carbonyl (C=O) groups excluding carboxylic acids is 1. The van der Waals surface area contributed by atoms with Crippen LogP contribution in [0.1, 0.15) is 6.42 Å². The van der Waals surface area contributed by atoms with Gasteiger partial charge in [0.1, 0.15) is 5.82 Å². The molecule has 0 heterocycles. The van der Waals surface area contributed by atoms with E-state index < -0.39 is 0 Å². The van der Waals surface area contributed by atoms with Gasteiger partial charge in [0, 0.05) is 19.3 Å². The number of carbonyl (C=O) groups is 1. The molecule has 0 aromatic heterocycles. The van der Waals surface area contributed by atoms with E-state index in [4.69, 9.17) is 10.5 Å². The van der Waals surface area contributed by atoms with Crippen LogP contribution in [0.25, 0.3) is 0 Å². The van der Waals surface area contributed by atoms with Gasteiger partial charge < -0.3 is 15.8 Å². The molecule has 1 aromatic carbocycles. The van der Waals surface area contributed by atoms with Gasteiger partial charge >= 0.3 is 0 Å². The molecule has 1 unspecified atom stereocenters. The molecule has 0 aliphatic rings. The van der Waals surface area contributed by atoms with Gasteiger partial charge in [0.25, 0.3) is 0 Å². The number of halogens is 2. The van der Waals surface area contributed by atoms with Crippen LogP contribution in [0.5, 0.6) is 0 Å². The molecule has 4 nitrogen and oxygen atoms in total. The number of anilines is 1. The standard InChI is InChI=1S/C11H15FN2O2.ClH/c1-16-10(7-13)6-11(15)14-9-4-2-8(12)3-5-9;/h2-5,10H,6-7,13H2,1H3,(H,14,15);1H. The highest BCUT2D eigenvalue weighted by Gasteiger charge is 2.11. The Balaban J connectivity index is 0.00000256. The minimum absolute atomic E-state index is 0. The zero-order chi connectivity index (χ0) is 12.0. The predicted octanol–water partition coefficient (Wildman–Crippen LogP) is 1.55. The maximum absolute atomic E-state index is 12.6. The number of rotatable bonds is 5. The second kappa shape index (κ2) is 8.00. The van der Waals surface area contributed by atoms with Crippen LogP contribution in [-0.4, -0.2) is 25.7 Å². The molecule has 0 spiro atoms. The fraction of sp³-hybridized carbons (Fsp3) is 0.364. The molecule has 1 atom stereocenters. The van der Waals surface area contributed by atoms with Crippen molar-refractivity contribution in [2.75, 3.05) is 19.0 Å². The van der Waals surface area contributed by atoms with E-state index in [0.29, 0.717) is 5.69 Å². The zero-order valence-corrected chi connectivity index (χ0v) is 10.3. The molecule has 1 aromatic rings. The highest BCUT2D eigenvalue weighted by molar-refractivity contribution is 5.90. The highest BCUT2D eigenvalue weighted by Crippen LogP contribution is 2.09. The van der Waals surface area contributed by atoms with Crippen LogP contribution in [0.2, 0.25) is 0 Å². The van der Waals surface area contributed by atoms with Gasteiger partial charge in [0.05, 0.1) is 12.5 Å². The molecule has 0 fully saturated rings. The molecule has 0 bridgehead atoms. The third kappa shape index (κ3) is 5.63. The fourth-order valence-corrected chi connectivity index (χ4v) is 1.21. The Morgan fingerprint density at radius 1 is 1.47 bits per heavy atom. The van der Waals surface area contributed by atoms with Crippen molar-refractivity contribution in [2.24, 2.45) is 5.73 Å². The van der Waals surface area contributed by atoms with Gasteiger partial charge in [-0.2, -0.15) is 0 Å². The van der Waals surface area contributed by atoms with E-state index in [2.05, 4.69) is 5.32 Å². The molecule has 0 radical (unpaired) electrons. The molecular weight excluding hydrogens is 247 g/mol. The minimum Gasteiger partial charge on any atom is -0.380 e. The van der Waals surface area contributed by atoms with Gasteiger partial charge in [-0.15, -0.1) is 12.4 Å². The van der Waals surface area contributed by atoms with E-state index in [9.17, 15) is 9.18 Å². The SMILES string of the molecule is COC(CN)CC(=O)Nc1ccc(F)cc1.Cl. The highest BCUT2D eigenvalue weighted by atomic mass is 35.5. The third-order valence-corrected chi connectivity index (χ3v) is 2.14. The summed E-state index contributed by atoms with van der Waals surface area (Å²) in [5.41, 5.74) is 5.94.